The van der Waals surface area contributed by atoms with Crippen LogP contribution < -0.4 is 9.64 Å². The number of hydrogen-bond donors (Lipinski definition) is 1. The Kier molecular flexibility index (Phi) is 6.80. The Bertz CT molecular complexity index is 1510. The molecule has 6 nitrogen and oxygen atoms in total. The number of amides is 1. The van der Waals surface area contributed by atoms with Crippen molar-refractivity contribution in [2.45, 2.75) is 39.7 Å². The summed E-state index contributed by atoms with van der Waals surface area (Å²) in [5.74, 6) is -0.938. The third kappa shape index (κ3) is 4.62. The fourth-order valence-corrected chi connectivity index (χ4v) is 5.81. The fraction of sp³-hybridized carbons (Fsp3) is 0.233. The zero-order chi connectivity index (χ0) is 26.1. The molecule has 1 aliphatic heterocycles. The van der Waals surface area contributed by atoms with Crippen LogP contribution in [0, 0.1) is 13.8 Å². The number of ketones is 1. The molecular formula is C30H28N2O4S. The van der Waals surface area contributed by atoms with Crippen molar-refractivity contribution in [1.29, 1.82) is 0 Å². The van der Waals surface area contributed by atoms with Crippen molar-refractivity contribution in [2.24, 2.45) is 0 Å². The third-order valence-corrected chi connectivity index (χ3v) is 7.48. The molecule has 4 aromatic rings. The molecule has 1 fully saturated rings. The van der Waals surface area contributed by atoms with E-state index in [2.05, 4.69) is 6.92 Å². The Morgan fingerprint density at radius 1 is 1.05 bits per heavy atom. The quantitative estimate of drug-likeness (QED) is 0.129. The number of Topliss-reactive ketones (excluding diaryl/α,β-unsaturated/α-hetero) is 1. The Morgan fingerprint density at radius 2 is 1.78 bits per heavy atom. The lowest BCUT2D eigenvalue weighted by Crippen LogP contribution is -2.29. The maximum Gasteiger partial charge on any atom is 0.301 e. The normalized spacial score (nSPS) is 17.1. The van der Waals surface area contributed by atoms with Gasteiger partial charge in [-0.05, 0) is 55.2 Å². The van der Waals surface area contributed by atoms with Gasteiger partial charge in [0.2, 0.25) is 0 Å². The number of ether oxygens (including phenoxy) is 1. The molecule has 0 spiro atoms. The van der Waals surface area contributed by atoms with Gasteiger partial charge in [-0.2, -0.15) is 0 Å². The van der Waals surface area contributed by atoms with Crippen molar-refractivity contribution in [3.8, 4) is 5.75 Å². The van der Waals surface area contributed by atoms with Crippen LogP contribution in [0.1, 0.15) is 48.1 Å². The van der Waals surface area contributed by atoms with Gasteiger partial charge in [-0.3, -0.25) is 14.5 Å². The molecule has 2 heterocycles. The first-order chi connectivity index (χ1) is 17.9. The van der Waals surface area contributed by atoms with E-state index in [0.717, 1.165) is 34.2 Å². The molecule has 5 rings (SSSR count). The van der Waals surface area contributed by atoms with E-state index in [9.17, 15) is 14.7 Å². The number of aliphatic hydroxyl groups excluding tert-OH is 1. The molecule has 1 atom stereocenters. The van der Waals surface area contributed by atoms with E-state index in [-0.39, 0.29) is 11.3 Å². The fourth-order valence-electron chi connectivity index (χ4n) is 4.64. The number of aryl methyl sites for hydroxylation is 2. The zero-order valence-electron chi connectivity index (χ0n) is 21.0. The highest BCUT2D eigenvalue weighted by Gasteiger charge is 2.48. The van der Waals surface area contributed by atoms with E-state index < -0.39 is 17.7 Å². The van der Waals surface area contributed by atoms with Crippen LogP contribution in [0.2, 0.25) is 0 Å². The van der Waals surface area contributed by atoms with Crippen LogP contribution in [0.25, 0.3) is 16.0 Å². The van der Waals surface area contributed by atoms with E-state index in [4.69, 9.17) is 9.72 Å². The van der Waals surface area contributed by atoms with Gasteiger partial charge in [-0.25, -0.2) is 4.98 Å². The molecule has 3 aromatic carbocycles. The maximum atomic E-state index is 13.5. The second-order valence-electron chi connectivity index (χ2n) is 9.23. The van der Waals surface area contributed by atoms with Crippen LogP contribution in [0.5, 0.6) is 5.75 Å². The smallest absolute Gasteiger partial charge is 0.301 e. The van der Waals surface area contributed by atoms with E-state index in [0.29, 0.717) is 28.6 Å². The van der Waals surface area contributed by atoms with Gasteiger partial charge >= 0.3 is 5.91 Å². The zero-order valence-corrected chi connectivity index (χ0v) is 21.8. The summed E-state index contributed by atoms with van der Waals surface area (Å²) in [6.07, 6.45) is 1.99. The van der Waals surface area contributed by atoms with Crippen LogP contribution in [-0.2, 0) is 9.59 Å². The lowest BCUT2D eigenvalue weighted by atomic mass is 9.95. The Labute approximate surface area is 219 Å². The number of nitrogens with zero attached hydrogens (tertiary/aromatic N) is 2. The van der Waals surface area contributed by atoms with Crippen molar-refractivity contribution in [2.75, 3.05) is 11.5 Å². The number of anilines is 1. The summed E-state index contributed by atoms with van der Waals surface area (Å²) in [7, 11) is 0. The lowest BCUT2D eigenvalue weighted by molar-refractivity contribution is -0.132. The minimum absolute atomic E-state index is 0.0445. The van der Waals surface area contributed by atoms with Gasteiger partial charge in [-0.1, -0.05) is 73.2 Å². The molecule has 0 bridgehead atoms. The number of aromatic nitrogens is 1. The Morgan fingerprint density at radius 3 is 2.49 bits per heavy atom. The number of aliphatic hydroxyl groups is 1. The predicted molar refractivity (Wildman–Crippen MR) is 147 cm³/mol. The highest BCUT2D eigenvalue weighted by atomic mass is 32.1. The standard InChI is InChI=1S/C30H28N2O4S/c1-4-5-15-36-22-13-11-20(12-14-22)26-24(27(33)21-9-7-6-8-10-21)28(34)29(35)32(26)30-31-25-19(3)16-18(2)17-23(25)37-30/h6-14,16-17,26,33H,4-5,15H2,1-3H3. The summed E-state index contributed by atoms with van der Waals surface area (Å²) in [5.41, 5.74) is 4.11. The van der Waals surface area contributed by atoms with Gasteiger partial charge in [0.1, 0.15) is 11.5 Å². The van der Waals surface area contributed by atoms with Crippen LogP contribution in [0.15, 0.2) is 72.3 Å². The first-order valence-electron chi connectivity index (χ1n) is 12.4. The average Bonchev–Trinajstić information content (AvgIpc) is 3.43. The van der Waals surface area contributed by atoms with Gasteiger partial charge in [-0.15, -0.1) is 0 Å². The van der Waals surface area contributed by atoms with Crippen LogP contribution in [-0.4, -0.2) is 28.4 Å². The summed E-state index contributed by atoms with van der Waals surface area (Å²) >= 11 is 1.37. The van der Waals surface area contributed by atoms with Gasteiger partial charge < -0.3 is 9.84 Å². The number of fused-ring (bicyclic) bond motifs is 1. The van der Waals surface area contributed by atoms with E-state index in [1.54, 1.807) is 24.3 Å². The van der Waals surface area contributed by atoms with Crippen molar-refractivity contribution in [1.82, 2.24) is 4.98 Å². The van der Waals surface area contributed by atoms with Gasteiger partial charge in [0.05, 0.1) is 28.4 Å². The van der Waals surface area contributed by atoms with E-state index in [1.807, 2.05) is 56.3 Å². The molecule has 1 amide bonds. The van der Waals surface area contributed by atoms with E-state index in [1.165, 1.54) is 16.2 Å². The van der Waals surface area contributed by atoms with Crippen LogP contribution in [0.4, 0.5) is 5.13 Å². The minimum atomic E-state index is -0.827. The summed E-state index contributed by atoms with van der Waals surface area (Å²) < 4.78 is 6.75. The second kappa shape index (κ2) is 10.2. The molecular weight excluding hydrogens is 484 g/mol. The van der Waals surface area contributed by atoms with Crippen LogP contribution >= 0.6 is 11.3 Å². The molecule has 0 radical (unpaired) electrons. The summed E-state index contributed by atoms with van der Waals surface area (Å²) in [5, 5.41) is 11.7. The minimum Gasteiger partial charge on any atom is -0.507 e. The SMILES string of the molecule is CCCCOc1ccc(C2C(=C(O)c3ccccc3)C(=O)C(=O)N2c2nc3c(C)cc(C)cc3s2)cc1. The molecule has 1 saturated heterocycles. The molecule has 1 aliphatic rings. The Hall–Kier alpha value is -3.97. The third-order valence-electron chi connectivity index (χ3n) is 6.48. The topological polar surface area (TPSA) is 79.7 Å². The number of carbonyl (C=O) groups is 2. The number of thiazole rings is 1. The number of hydrogen-bond acceptors (Lipinski definition) is 6. The van der Waals surface area contributed by atoms with Gasteiger partial charge in [0, 0.05) is 5.56 Å². The molecule has 1 N–H and O–H groups in total. The molecule has 188 valence electrons. The van der Waals surface area contributed by atoms with Crippen molar-refractivity contribution in [3.05, 3.63) is 94.6 Å². The molecule has 1 unspecified atom stereocenters. The monoisotopic (exact) mass is 512 g/mol. The summed E-state index contributed by atoms with van der Waals surface area (Å²) in [6.45, 7) is 6.72. The first kappa shape index (κ1) is 24.7. The van der Waals surface area contributed by atoms with Gasteiger partial charge in [0.15, 0.2) is 5.13 Å². The second-order valence-corrected chi connectivity index (χ2v) is 10.2. The Balaban J connectivity index is 1.65. The largest absolute Gasteiger partial charge is 0.507 e. The number of rotatable bonds is 7. The average molecular weight is 513 g/mol. The lowest BCUT2D eigenvalue weighted by Gasteiger charge is -2.23. The molecule has 1 aromatic heterocycles. The van der Waals surface area contributed by atoms with Crippen molar-refractivity contribution < 1.29 is 19.4 Å². The summed E-state index contributed by atoms with van der Waals surface area (Å²) in [4.78, 5) is 33.1. The van der Waals surface area contributed by atoms with Crippen molar-refractivity contribution in [3.63, 3.8) is 0 Å². The maximum absolute atomic E-state index is 13.5. The predicted octanol–water partition coefficient (Wildman–Crippen LogP) is 6.72. The number of unbranched alkanes of at least 4 members (excludes halogenated alkanes) is 1. The molecule has 37 heavy (non-hydrogen) atoms. The molecule has 7 heteroatoms. The van der Waals surface area contributed by atoms with Crippen LogP contribution in [0.3, 0.4) is 0 Å². The van der Waals surface area contributed by atoms with Crippen molar-refractivity contribution >= 4 is 44.1 Å². The van der Waals surface area contributed by atoms with E-state index >= 15 is 0 Å². The highest BCUT2D eigenvalue weighted by molar-refractivity contribution is 7.22. The molecule has 0 saturated carbocycles. The van der Waals surface area contributed by atoms with Gasteiger partial charge in [0.25, 0.3) is 5.78 Å². The summed E-state index contributed by atoms with van der Waals surface area (Å²) in [6, 6.07) is 19.4. The number of benzene rings is 3. The molecule has 0 aliphatic carbocycles. The first-order valence-corrected chi connectivity index (χ1v) is 13.2. The highest BCUT2D eigenvalue weighted by Crippen LogP contribution is 2.45. The number of carbonyl (C=O) groups excluding carboxylic acids is 2.